The average Bonchev–Trinajstić information content (AvgIpc) is 2.92. The first-order chi connectivity index (χ1) is 10.8. The molecule has 0 fully saturated rings. The average molecular weight is 317 g/mol. The number of amides is 1. The SMILES string of the molecule is COC(=O)[C@@H](NC(=O)CCn1ccc2cccnc21)C(C)(C)C. The fourth-order valence-corrected chi connectivity index (χ4v) is 2.40. The Morgan fingerprint density at radius 3 is 2.74 bits per heavy atom. The summed E-state index contributed by atoms with van der Waals surface area (Å²) in [6.45, 7) is 6.17. The van der Waals surface area contributed by atoms with Gasteiger partial charge < -0.3 is 14.6 Å². The summed E-state index contributed by atoms with van der Waals surface area (Å²) in [6.07, 6.45) is 3.90. The number of carbonyl (C=O) groups excluding carboxylic acids is 2. The Labute approximate surface area is 135 Å². The largest absolute Gasteiger partial charge is 0.467 e. The Morgan fingerprint density at radius 2 is 2.09 bits per heavy atom. The van der Waals surface area contributed by atoms with Gasteiger partial charge in [0.25, 0.3) is 0 Å². The van der Waals surface area contributed by atoms with Crippen LogP contribution in [0.25, 0.3) is 11.0 Å². The van der Waals surface area contributed by atoms with Crippen LogP contribution in [0.4, 0.5) is 0 Å². The van der Waals surface area contributed by atoms with Crippen LogP contribution in [0.5, 0.6) is 0 Å². The summed E-state index contributed by atoms with van der Waals surface area (Å²) in [5, 5.41) is 3.81. The smallest absolute Gasteiger partial charge is 0.328 e. The first kappa shape index (κ1) is 17.0. The van der Waals surface area contributed by atoms with Crippen molar-refractivity contribution < 1.29 is 14.3 Å². The maximum absolute atomic E-state index is 12.2. The van der Waals surface area contributed by atoms with Crippen molar-refractivity contribution in [2.24, 2.45) is 5.41 Å². The monoisotopic (exact) mass is 317 g/mol. The van der Waals surface area contributed by atoms with Gasteiger partial charge in [-0.05, 0) is 23.6 Å². The van der Waals surface area contributed by atoms with Gasteiger partial charge in [-0.3, -0.25) is 4.79 Å². The molecule has 0 saturated carbocycles. The summed E-state index contributed by atoms with van der Waals surface area (Å²) in [5.74, 6) is -0.618. The van der Waals surface area contributed by atoms with Crippen molar-refractivity contribution >= 4 is 22.9 Å². The van der Waals surface area contributed by atoms with Gasteiger partial charge >= 0.3 is 5.97 Å². The molecule has 1 N–H and O–H groups in total. The number of aryl methyl sites for hydroxylation is 1. The standard InChI is InChI=1S/C17H23N3O3/c1-17(2,3)14(16(22)23-4)19-13(21)8-11-20-10-7-12-6-5-9-18-15(12)20/h5-7,9-10,14H,8,11H2,1-4H3,(H,19,21)/t14-/m1/s1. The minimum atomic E-state index is -0.667. The molecule has 6 heteroatoms. The topological polar surface area (TPSA) is 73.2 Å². The minimum absolute atomic E-state index is 0.187. The van der Waals surface area contributed by atoms with E-state index in [0.29, 0.717) is 6.54 Å². The number of pyridine rings is 1. The van der Waals surface area contributed by atoms with Gasteiger partial charge in [0.1, 0.15) is 11.7 Å². The van der Waals surface area contributed by atoms with E-state index in [4.69, 9.17) is 4.74 Å². The van der Waals surface area contributed by atoms with Crippen molar-refractivity contribution in [2.75, 3.05) is 7.11 Å². The Balaban J connectivity index is 2.00. The minimum Gasteiger partial charge on any atom is -0.467 e. The molecule has 0 spiro atoms. The summed E-state index contributed by atoms with van der Waals surface area (Å²) in [5.41, 5.74) is 0.436. The molecule has 0 radical (unpaired) electrons. The molecule has 1 amide bonds. The van der Waals surface area contributed by atoms with Crippen LogP contribution in [-0.2, 0) is 20.9 Å². The first-order valence-corrected chi connectivity index (χ1v) is 7.60. The molecule has 2 aromatic heterocycles. The lowest BCUT2D eigenvalue weighted by atomic mass is 9.86. The highest BCUT2D eigenvalue weighted by molar-refractivity contribution is 5.85. The molecule has 2 rings (SSSR count). The number of esters is 1. The maximum atomic E-state index is 12.2. The number of carbonyl (C=O) groups is 2. The third-order valence-electron chi connectivity index (χ3n) is 3.71. The Morgan fingerprint density at radius 1 is 1.35 bits per heavy atom. The second kappa shape index (κ2) is 6.81. The van der Waals surface area contributed by atoms with Gasteiger partial charge in [-0.15, -0.1) is 0 Å². The maximum Gasteiger partial charge on any atom is 0.328 e. The van der Waals surface area contributed by atoms with Crippen molar-refractivity contribution in [3.05, 3.63) is 30.6 Å². The van der Waals surface area contributed by atoms with Crippen LogP contribution < -0.4 is 5.32 Å². The number of nitrogens with one attached hydrogen (secondary N) is 1. The first-order valence-electron chi connectivity index (χ1n) is 7.60. The van der Waals surface area contributed by atoms with E-state index in [2.05, 4.69) is 10.3 Å². The third kappa shape index (κ3) is 4.09. The second-order valence-corrected chi connectivity index (χ2v) is 6.57. The zero-order valence-corrected chi connectivity index (χ0v) is 14.0. The third-order valence-corrected chi connectivity index (χ3v) is 3.71. The number of ether oxygens (including phenoxy) is 1. The van der Waals surface area contributed by atoms with E-state index in [1.54, 1.807) is 6.20 Å². The van der Waals surface area contributed by atoms with Gasteiger partial charge in [-0.2, -0.15) is 0 Å². The van der Waals surface area contributed by atoms with Gasteiger partial charge in [-0.1, -0.05) is 20.8 Å². The highest BCUT2D eigenvalue weighted by Gasteiger charge is 2.33. The van der Waals surface area contributed by atoms with E-state index in [0.717, 1.165) is 11.0 Å². The van der Waals surface area contributed by atoms with E-state index in [1.807, 2.05) is 49.7 Å². The quantitative estimate of drug-likeness (QED) is 0.857. The van der Waals surface area contributed by atoms with Gasteiger partial charge in [0.05, 0.1) is 7.11 Å². The number of hydrogen-bond acceptors (Lipinski definition) is 4. The summed E-state index contributed by atoms with van der Waals surface area (Å²) in [6, 6.07) is 5.15. The van der Waals surface area contributed by atoms with Gasteiger partial charge in [-0.25, -0.2) is 9.78 Å². The predicted molar refractivity (Wildman–Crippen MR) is 87.8 cm³/mol. The fourth-order valence-electron chi connectivity index (χ4n) is 2.40. The molecule has 0 aliphatic carbocycles. The molecule has 0 unspecified atom stereocenters. The molecule has 2 heterocycles. The molecular formula is C17H23N3O3. The molecule has 23 heavy (non-hydrogen) atoms. The molecule has 0 aliphatic heterocycles. The van der Waals surface area contributed by atoms with Crippen LogP contribution in [0.1, 0.15) is 27.2 Å². The van der Waals surface area contributed by atoms with Crippen molar-refractivity contribution in [3.8, 4) is 0 Å². The summed E-state index contributed by atoms with van der Waals surface area (Å²) < 4.78 is 6.71. The molecular weight excluding hydrogens is 294 g/mol. The zero-order chi connectivity index (χ0) is 17.0. The molecule has 0 bridgehead atoms. The van der Waals surface area contributed by atoms with Crippen LogP contribution in [-0.4, -0.2) is 34.6 Å². The highest BCUT2D eigenvalue weighted by atomic mass is 16.5. The predicted octanol–water partition coefficient (Wildman–Crippen LogP) is 2.13. The van der Waals surface area contributed by atoms with Crippen LogP contribution >= 0.6 is 0 Å². The lowest BCUT2D eigenvalue weighted by molar-refractivity contribution is -0.148. The number of nitrogens with zero attached hydrogens (tertiary/aromatic N) is 2. The number of rotatable bonds is 5. The number of aromatic nitrogens is 2. The molecule has 124 valence electrons. The molecule has 1 atom stereocenters. The molecule has 2 aromatic rings. The highest BCUT2D eigenvalue weighted by Crippen LogP contribution is 2.20. The van der Waals surface area contributed by atoms with Crippen LogP contribution in [0.15, 0.2) is 30.6 Å². The summed E-state index contributed by atoms with van der Waals surface area (Å²) in [7, 11) is 1.32. The summed E-state index contributed by atoms with van der Waals surface area (Å²) in [4.78, 5) is 28.4. The second-order valence-electron chi connectivity index (χ2n) is 6.57. The summed E-state index contributed by atoms with van der Waals surface area (Å²) >= 11 is 0. The number of hydrogen-bond donors (Lipinski definition) is 1. The van der Waals surface area contributed by atoms with Crippen molar-refractivity contribution in [1.29, 1.82) is 0 Å². The van der Waals surface area contributed by atoms with Crippen molar-refractivity contribution in [3.63, 3.8) is 0 Å². The van der Waals surface area contributed by atoms with Gasteiger partial charge in [0.15, 0.2) is 0 Å². The molecule has 0 aliphatic rings. The Bertz CT molecular complexity index is 700. The van der Waals surface area contributed by atoms with E-state index in [-0.39, 0.29) is 12.3 Å². The van der Waals surface area contributed by atoms with Crippen molar-refractivity contribution in [1.82, 2.24) is 14.9 Å². The van der Waals surface area contributed by atoms with Crippen molar-refractivity contribution in [2.45, 2.75) is 39.8 Å². The van der Waals surface area contributed by atoms with Crippen LogP contribution in [0, 0.1) is 5.41 Å². The van der Waals surface area contributed by atoms with E-state index >= 15 is 0 Å². The Hall–Kier alpha value is -2.37. The number of fused-ring (bicyclic) bond motifs is 1. The lowest BCUT2D eigenvalue weighted by Crippen LogP contribution is -2.49. The zero-order valence-electron chi connectivity index (χ0n) is 14.0. The molecule has 0 saturated heterocycles. The van der Waals surface area contributed by atoms with Gasteiger partial charge in [0.2, 0.25) is 5.91 Å². The Kier molecular flexibility index (Phi) is 5.03. The molecule has 0 aromatic carbocycles. The normalized spacial score (nSPS) is 12.9. The lowest BCUT2D eigenvalue weighted by Gasteiger charge is -2.29. The van der Waals surface area contributed by atoms with E-state index < -0.39 is 17.4 Å². The van der Waals surface area contributed by atoms with Crippen LogP contribution in [0.3, 0.4) is 0 Å². The van der Waals surface area contributed by atoms with E-state index in [9.17, 15) is 9.59 Å². The fraction of sp³-hybridized carbons (Fsp3) is 0.471. The van der Waals surface area contributed by atoms with Gasteiger partial charge in [0, 0.05) is 30.7 Å². The van der Waals surface area contributed by atoms with Crippen LogP contribution in [0.2, 0.25) is 0 Å². The van der Waals surface area contributed by atoms with E-state index in [1.165, 1.54) is 7.11 Å². The number of methoxy groups -OCH3 is 1. The molecule has 6 nitrogen and oxygen atoms in total.